The van der Waals surface area contributed by atoms with Crippen molar-refractivity contribution in [1.29, 1.82) is 0 Å². The molecule has 30 heavy (non-hydrogen) atoms. The topological polar surface area (TPSA) is 65.9 Å². The van der Waals surface area contributed by atoms with E-state index in [1.54, 1.807) is 29.4 Å². The molecular weight excluding hydrogens is 405 g/mol. The van der Waals surface area contributed by atoms with Crippen LogP contribution in [0.4, 0.5) is 4.39 Å². The molecule has 1 unspecified atom stereocenters. The Morgan fingerprint density at radius 1 is 1.37 bits per heavy atom. The van der Waals surface area contributed by atoms with Gasteiger partial charge in [0.1, 0.15) is 16.4 Å². The van der Waals surface area contributed by atoms with E-state index >= 15 is 0 Å². The van der Waals surface area contributed by atoms with E-state index in [1.807, 2.05) is 5.38 Å². The fourth-order valence-corrected chi connectivity index (χ4v) is 5.31. The van der Waals surface area contributed by atoms with Crippen LogP contribution in [0.25, 0.3) is 0 Å². The molecule has 2 aromatic rings. The van der Waals surface area contributed by atoms with E-state index in [0.29, 0.717) is 43.2 Å². The molecule has 2 aliphatic rings. The number of carbonyl (C=O) groups excluding carboxylic acids is 1. The number of likely N-dealkylation sites (tertiary alicyclic amines) is 2. The van der Waals surface area contributed by atoms with Gasteiger partial charge in [-0.25, -0.2) is 9.37 Å². The maximum Gasteiger partial charge on any atom is 0.253 e. The number of piperidine rings is 1. The number of methoxy groups -OCH3 is 1. The van der Waals surface area contributed by atoms with E-state index in [1.165, 1.54) is 24.6 Å². The number of halogens is 1. The Kier molecular flexibility index (Phi) is 6.48. The molecule has 1 aromatic carbocycles. The molecule has 0 aliphatic carbocycles. The normalized spacial score (nSPS) is 21.8. The quantitative estimate of drug-likeness (QED) is 0.759. The van der Waals surface area contributed by atoms with Crippen molar-refractivity contribution in [3.8, 4) is 0 Å². The van der Waals surface area contributed by atoms with E-state index < -0.39 is 11.4 Å². The average molecular weight is 434 g/mol. The lowest BCUT2D eigenvalue weighted by Gasteiger charge is -2.37. The van der Waals surface area contributed by atoms with Gasteiger partial charge < -0.3 is 14.7 Å². The number of hydrogen-bond donors (Lipinski definition) is 1. The summed E-state index contributed by atoms with van der Waals surface area (Å²) in [6, 6.07) is 6.17. The van der Waals surface area contributed by atoms with Gasteiger partial charge >= 0.3 is 0 Å². The van der Waals surface area contributed by atoms with Crippen molar-refractivity contribution in [1.82, 2.24) is 14.8 Å². The number of thiazole rings is 1. The highest BCUT2D eigenvalue weighted by Gasteiger charge is 2.38. The first kappa shape index (κ1) is 21.4. The van der Waals surface area contributed by atoms with Gasteiger partial charge in [-0.2, -0.15) is 0 Å². The van der Waals surface area contributed by atoms with Crippen molar-refractivity contribution in [2.75, 3.05) is 33.4 Å². The van der Waals surface area contributed by atoms with Crippen LogP contribution in [-0.2, 0) is 16.9 Å². The number of amides is 1. The van der Waals surface area contributed by atoms with Crippen LogP contribution in [-0.4, -0.2) is 65.2 Å². The van der Waals surface area contributed by atoms with Gasteiger partial charge in [-0.1, -0.05) is 6.07 Å². The first-order valence-corrected chi connectivity index (χ1v) is 11.3. The molecule has 0 bridgehead atoms. The van der Waals surface area contributed by atoms with Gasteiger partial charge in [-0.15, -0.1) is 11.3 Å². The molecule has 162 valence electrons. The first-order valence-electron chi connectivity index (χ1n) is 10.4. The second-order valence-corrected chi connectivity index (χ2v) is 9.13. The molecule has 1 amide bonds. The monoisotopic (exact) mass is 433 g/mol. The predicted molar refractivity (Wildman–Crippen MR) is 113 cm³/mol. The molecule has 1 aromatic heterocycles. The number of rotatable bonds is 6. The van der Waals surface area contributed by atoms with Gasteiger partial charge in [0.05, 0.1) is 18.8 Å². The number of hydrogen-bond acceptors (Lipinski definition) is 6. The van der Waals surface area contributed by atoms with E-state index in [9.17, 15) is 14.3 Å². The maximum absolute atomic E-state index is 13.4. The Hall–Kier alpha value is -1.87. The SMILES string of the molecule is COCC1CCCN1Cc1nc(C2(O)CCN(C(=O)c3cccc(F)c3)CC2)cs1. The van der Waals surface area contributed by atoms with Gasteiger partial charge in [0.2, 0.25) is 0 Å². The molecule has 0 saturated carbocycles. The molecule has 4 rings (SSSR count). The number of aromatic nitrogens is 1. The first-order chi connectivity index (χ1) is 14.5. The van der Waals surface area contributed by atoms with Gasteiger partial charge in [-0.05, 0) is 50.4 Å². The third-order valence-corrected chi connectivity index (χ3v) is 7.01. The van der Waals surface area contributed by atoms with Gasteiger partial charge in [0.25, 0.3) is 5.91 Å². The van der Waals surface area contributed by atoms with Crippen LogP contribution in [0.3, 0.4) is 0 Å². The molecular formula is C22H28FN3O3S. The summed E-state index contributed by atoms with van der Waals surface area (Å²) < 4.78 is 18.8. The van der Waals surface area contributed by atoms with E-state index in [2.05, 4.69) is 4.90 Å². The molecule has 1 atom stereocenters. The minimum atomic E-state index is -1.02. The lowest BCUT2D eigenvalue weighted by atomic mass is 9.88. The second-order valence-electron chi connectivity index (χ2n) is 8.18. The highest BCUT2D eigenvalue weighted by atomic mass is 32.1. The summed E-state index contributed by atoms with van der Waals surface area (Å²) in [7, 11) is 1.74. The predicted octanol–water partition coefficient (Wildman–Crippen LogP) is 3.02. The number of ether oxygens (including phenoxy) is 1. The molecule has 8 heteroatoms. The van der Waals surface area contributed by atoms with E-state index in [0.717, 1.165) is 31.1 Å². The van der Waals surface area contributed by atoms with Crippen molar-refractivity contribution in [3.63, 3.8) is 0 Å². The molecule has 3 heterocycles. The lowest BCUT2D eigenvalue weighted by molar-refractivity contribution is -0.0241. The van der Waals surface area contributed by atoms with Crippen LogP contribution < -0.4 is 0 Å². The van der Waals surface area contributed by atoms with Gasteiger partial charge in [0, 0.05) is 37.2 Å². The Balaban J connectivity index is 1.37. The van der Waals surface area contributed by atoms with Crippen LogP contribution in [0.15, 0.2) is 29.6 Å². The Morgan fingerprint density at radius 3 is 2.90 bits per heavy atom. The Bertz CT molecular complexity index is 882. The smallest absolute Gasteiger partial charge is 0.253 e. The summed E-state index contributed by atoms with van der Waals surface area (Å²) >= 11 is 1.58. The maximum atomic E-state index is 13.4. The summed E-state index contributed by atoms with van der Waals surface area (Å²) in [6.45, 7) is 3.39. The minimum absolute atomic E-state index is 0.200. The highest BCUT2D eigenvalue weighted by Crippen LogP contribution is 2.34. The summed E-state index contributed by atoms with van der Waals surface area (Å²) in [5.74, 6) is -0.621. The van der Waals surface area contributed by atoms with Crippen molar-refractivity contribution >= 4 is 17.2 Å². The molecule has 6 nitrogen and oxygen atoms in total. The van der Waals surface area contributed by atoms with E-state index in [4.69, 9.17) is 9.72 Å². The zero-order valence-corrected chi connectivity index (χ0v) is 18.0. The summed E-state index contributed by atoms with van der Waals surface area (Å²) in [4.78, 5) is 21.4. The third kappa shape index (κ3) is 4.56. The van der Waals surface area contributed by atoms with Crippen LogP contribution in [0.1, 0.15) is 46.7 Å². The molecule has 2 fully saturated rings. The molecule has 0 spiro atoms. The van der Waals surface area contributed by atoms with Crippen LogP contribution in [0.2, 0.25) is 0 Å². The summed E-state index contributed by atoms with van der Waals surface area (Å²) in [5, 5.41) is 14.1. The molecule has 1 N–H and O–H groups in total. The van der Waals surface area contributed by atoms with Gasteiger partial charge in [0.15, 0.2) is 0 Å². The fourth-order valence-electron chi connectivity index (χ4n) is 4.40. The molecule has 2 aliphatic heterocycles. The Labute approximate surface area is 180 Å². The van der Waals surface area contributed by atoms with E-state index in [-0.39, 0.29) is 5.91 Å². The summed E-state index contributed by atoms with van der Waals surface area (Å²) in [5.41, 5.74) is 0.0141. The van der Waals surface area contributed by atoms with Gasteiger partial charge in [-0.3, -0.25) is 9.69 Å². The number of aliphatic hydroxyl groups is 1. The second kappa shape index (κ2) is 9.09. The number of benzene rings is 1. The van der Waals surface area contributed by atoms with Crippen molar-refractivity contribution in [3.05, 3.63) is 51.7 Å². The zero-order chi connectivity index (χ0) is 21.1. The van der Waals surface area contributed by atoms with Crippen LogP contribution >= 0.6 is 11.3 Å². The molecule has 0 radical (unpaired) electrons. The largest absolute Gasteiger partial charge is 0.383 e. The minimum Gasteiger partial charge on any atom is -0.383 e. The number of nitrogens with zero attached hydrogens (tertiary/aromatic N) is 3. The van der Waals surface area contributed by atoms with Crippen LogP contribution in [0, 0.1) is 5.82 Å². The van der Waals surface area contributed by atoms with Crippen LogP contribution in [0.5, 0.6) is 0 Å². The third-order valence-electron chi connectivity index (χ3n) is 6.17. The van der Waals surface area contributed by atoms with Crippen molar-refractivity contribution in [2.45, 2.75) is 43.9 Å². The fraction of sp³-hybridized carbons (Fsp3) is 0.545. The molecule has 2 saturated heterocycles. The zero-order valence-electron chi connectivity index (χ0n) is 17.2. The lowest BCUT2D eigenvalue weighted by Crippen LogP contribution is -2.45. The summed E-state index contributed by atoms with van der Waals surface area (Å²) in [6.07, 6.45) is 3.16. The van der Waals surface area contributed by atoms with Crippen molar-refractivity contribution in [2.24, 2.45) is 0 Å². The van der Waals surface area contributed by atoms with Crippen molar-refractivity contribution < 1.29 is 19.0 Å². The average Bonchev–Trinajstić information content (AvgIpc) is 3.39. The number of carbonyl (C=O) groups is 1. The standard InChI is InChI=1S/C22H28FN3O3S/c1-29-14-18-6-3-9-26(18)13-20-24-19(15-30-20)22(28)7-10-25(11-8-22)21(27)16-4-2-5-17(23)12-16/h2,4-5,12,15,18,28H,3,6-11,13-14H2,1H3. The highest BCUT2D eigenvalue weighted by molar-refractivity contribution is 7.09. The Morgan fingerprint density at radius 2 is 2.17 bits per heavy atom.